The molecule has 0 saturated carbocycles. The molecule has 0 spiro atoms. The molecule has 1 aliphatic rings. The van der Waals surface area contributed by atoms with E-state index in [0.717, 1.165) is 0 Å². The number of piperidine rings is 1. The molecular weight excluding hydrogens is 310 g/mol. The number of likely N-dealkylation sites (tertiary alicyclic amines) is 1. The highest BCUT2D eigenvalue weighted by atomic mass is 19.3. The van der Waals surface area contributed by atoms with Crippen molar-refractivity contribution in [3.05, 3.63) is 12.4 Å². The van der Waals surface area contributed by atoms with E-state index in [-0.39, 0.29) is 19.3 Å². The predicted molar refractivity (Wildman–Crippen MR) is 76.0 cm³/mol. The first-order chi connectivity index (χ1) is 10.9. The first-order valence-electron chi connectivity index (χ1n) is 7.39. The summed E-state index contributed by atoms with van der Waals surface area (Å²) in [6, 6.07) is 0. The minimum absolute atomic E-state index is 0.0845. The number of carbonyl (C=O) groups is 2. The fourth-order valence-corrected chi connectivity index (χ4v) is 2.94. The van der Waals surface area contributed by atoms with Gasteiger partial charge in [-0.1, -0.05) is 5.21 Å². The molecule has 8 nitrogen and oxygen atoms in total. The fraction of sp³-hybridized carbons (Fsp3) is 0.692. The summed E-state index contributed by atoms with van der Waals surface area (Å²) >= 11 is 0. The third-order valence-electron chi connectivity index (χ3n) is 3.96. The third-order valence-corrected chi connectivity index (χ3v) is 3.96. The zero-order valence-corrected chi connectivity index (χ0v) is 12.6. The van der Waals surface area contributed by atoms with Gasteiger partial charge >= 0.3 is 0 Å². The Morgan fingerprint density at radius 2 is 2.30 bits per heavy atom. The lowest BCUT2D eigenvalue weighted by molar-refractivity contribution is -0.144. The van der Waals surface area contributed by atoms with Gasteiger partial charge in [-0.3, -0.25) is 14.5 Å². The molecule has 23 heavy (non-hydrogen) atoms. The molecule has 1 saturated heterocycles. The van der Waals surface area contributed by atoms with Crippen LogP contribution in [-0.4, -0.2) is 51.2 Å². The van der Waals surface area contributed by atoms with Crippen LogP contribution in [0.25, 0.3) is 0 Å². The Morgan fingerprint density at radius 3 is 2.87 bits per heavy atom. The van der Waals surface area contributed by atoms with E-state index >= 15 is 0 Å². The molecule has 1 aromatic heterocycles. The van der Waals surface area contributed by atoms with Crippen molar-refractivity contribution in [3.63, 3.8) is 0 Å². The average molecular weight is 330 g/mol. The van der Waals surface area contributed by atoms with Crippen LogP contribution in [0.15, 0.2) is 12.4 Å². The summed E-state index contributed by atoms with van der Waals surface area (Å²) in [5.74, 6) is -4.64. The number of carbonyl (C=O) groups excluding carboxylic acids is 2. The molecule has 1 fully saturated rings. The summed E-state index contributed by atoms with van der Waals surface area (Å²) in [6.45, 7) is -0.142. The van der Waals surface area contributed by atoms with Crippen LogP contribution in [0.2, 0.25) is 0 Å². The van der Waals surface area contributed by atoms with Crippen LogP contribution in [0, 0.1) is 0 Å². The highest BCUT2D eigenvalue weighted by molar-refractivity contribution is 5.73. The van der Waals surface area contributed by atoms with Crippen LogP contribution in [0.3, 0.4) is 0 Å². The van der Waals surface area contributed by atoms with Gasteiger partial charge in [0.15, 0.2) is 5.79 Å². The van der Waals surface area contributed by atoms with Gasteiger partial charge in [-0.05, 0) is 12.8 Å². The van der Waals surface area contributed by atoms with Gasteiger partial charge in [0, 0.05) is 32.0 Å². The van der Waals surface area contributed by atoms with Crippen LogP contribution in [-0.2, 0) is 15.4 Å². The number of alkyl halides is 2. The van der Waals surface area contributed by atoms with Crippen molar-refractivity contribution in [2.24, 2.45) is 5.73 Å². The van der Waals surface area contributed by atoms with Crippen LogP contribution in [0.5, 0.6) is 0 Å². The summed E-state index contributed by atoms with van der Waals surface area (Å²) < 4.78 is 29.0. The summed E-state index contributed by atoms with van der Waals surface area (Å²) in [5, 5.41) is 10.2. The Morgan fingerprint density at radius 1 is 1.52 bits per heavy atom. The number of aromatic nitrogens is 3. The molecule has 1 aromatic rings. The van der Waals surface area contributed by atoms with Gasteiger partial charge in [0.25, 0.3) is 5.92 Å². The van der Waals surface area contributed by atoms with Crippen molar-refractivity contribution in [2.45, 2.75) is 43.8 Å². The summed E-state index contributed by atoms with van der Waals surface area (Å²) in [7, 11) is 0. The van der Waals surface area contributed by atoms with Gasteiger partial charge in [-0.2, -0.15) is 0 Å². The van der Waals surface area contributed by atoms with E-state index in [2.05, 4.69) is 15.6 Å². The van der Waals surface area contributed by atoms with Gasteiger partial charge in [0.2, 0.25) is 12.3 Å². The number of halogens is 2. The maximum Gasteiger partial charge on any atom is 0.260 e. The lowest BCUT2D eigenvalue weighted by Crippen LogP contribution is -2.64. The predicted octanol–water partition coefficient (Wildman–Crippen LogP) is 0.0211. The SMILES string of the molecule is NC(=O)CCCC(NC=O)(N1CCCC(F)(F)C1)n1ccnn1. The number of nitrogens with zero attached hydrogens (tertiary/aromatic N) is 4. The molecule has 10 heteroatoms. The molecule has 2 rings (SSSR count). The molecular formula is C13H20F2N6O2. The monoisotopic (exact) mass is 330 g/mol. The molecule has 1 atom stereocenters. The second-order valence-corrected chi connectivity index (χ2v) is 5.63. The first kappa shape index (κ1) is 17.3. The van der Waals surface area contributed by atoms with Crippen molar-refractivity contribution in [2.75, 3.05) is 13.1 Å². The second-order valence-electron chi connectivity index (χ2n) is 5.63. The lowest BCUT2D eigenvalue weighted by Gasteiger charge is -2.46. The zero-order chi connectivity index (χ0) is 16.9. The van der Waals surface area contributed by atoms with E-state index in [4.69, 9.17) is 5.73 Å². The number of hydrogen-bond acceptors (Lipinski definition) is 5. The quantitative estimate of drug-likeness (QED) is 0.654. The zero-order valence-electron chi connectivity index (χ0n) is 12.6. The highest BCUT2D eigenvalue weighted by Crippen LogP contribution is 2.34. The molecule has 0 radical (unpaired) electrons. The molecule has 1 aliphatic heterocycles. The van der Waals surface area contributed by atoms with E-state index in [9.17, 15) is 18.4 Å². The van der Waals surface area contributed by atoms with Gasteiger partial charge in [0.05, 0.1) is 12.7 Å². The molecule has 0 bridgehead atoms. The van der Waals surface area contributed by atoms with Gasteiger partial charge in [0.1, 0.15) is 0 Å². The molecule has 2 heterocycles. The topological polar surface area (TPSA) is 106 Å². The number of primary amides is 1. The van der Waals surface area contributed by atoms with E-state index < -0.39 is 24.2 Å². The van der Waals surface area contributed by atoms with E-state index in [1.165, 1.54) is 22.0 Å². The van der Waals surface area contributed by atoms with E-state index in [1.807, 2.05) is 0 Å². The highest BCUT2D eigenvalue weighted by Gasteiger charge is 2.46. The number of nitrogens with two attached hydrogens (primary N) is 1. The van der Waals surface area contributed by atoms with Crippen molar-refractivity contribution in [3.8, 4) is 0 Å². The minimum atomic E-state index is -2.85. The Labute approximate surface area is 132 Å². The van der Waals surface area contributed by atoms with Crippen LogP contribution < -0.4 is 11.1 Å². The molecule has 1 unspecified atom stereocenters. The summed E-state index contributed by atoms with van der Waals surface area (Å²) in [5.41, 5.74) is 5.14. The maximum atomic E-state index is 13.8. The van der Waals surface area contributed by atoms with E-state index in [1.54, 1.807) is 0 Å². The Kier molecular flexibility index (Phi) is 5.24. The molecule has 128 valence electrons. The molecule has 0 aliphatic carbocycles. The largest absolute Gasteiger partial charge is 0.370 e. The minimum Gasteiger partial charge on any atom is -0.370 e. The smallest absolute Gasteiger partial charge is 0.260 e. The Bertz CT molecular complexity index is 539. The van der Waals surface area contributed by atoms with Crippen LogP contribution in [0.4, 0.5) is 8.78 Å². The van der Waals surface area contributed by atoms with Crippen molar-refractivity contribution in [1.29, 1.82) is 0 Å². The fourth-order valence-electron chi connectivity index (χ4n) is 2.94. The molecule has 3 N–H and O–H groups in total. The molecule has 2 amide bonds. The van der Waals surface area contributed by atoms with E-state index in [0.29, 0.717) is 25.8 Å². The van der Waals surface area contributed by atoms with Crippen molar-refractivity contribution >= 4 is 12.3 Å². The number of hydrogen-bond donors (Lipinski definition) is 2. The second kappa shape index (κ2) is 6.99. The number of nitrogens with one attached hydrogen (secondary N) is 1. The summed E-state index contributed by atoms with van der Waals surface area (Å²) in [6.07, 6.45) is 4.04. The standard InChI is InChI=1S/C13H20F2N6O2/c14-12(15)4-2-7-20(9-12)13(17-10-22,5-1-3-11(16)23)21-8-6-18-19-21/h6,8,10H,1-5,7,9H2,(H2,16,23)(H,17,22). The lowest BCUT2D eigenvalue weighted by atomic mass is 10.0. The van der Waals surface area contributed by atoms with Crippen molar-refractivity contribution in [1.82, 2.24) is 25.2 Å². The summed E-state index contributed by atoms with van der Waals surface area (Å²) in [4.78, 5) is 23.6. The third kappa shape index (κ3) is 4.01. The molecule has 0 aromatic carbocycles. The van der Waals surface area contributed by atoms with Gasteiger partial charge in [-0.15, -0.1) is 5.10 Å². The maximum absolute atomic E-state index is 13.8. The number of amides is 2. The van der Waals surface area contributed by atoms with Crippen LogP contribution >= 0.6 is 0 Å². The Hall–Kier alpha value is -2.10. The van der Waals surface area contributed by atoms with Crippen molar-refractivity contribution < 1.29 is 18.4 Å². The normalized spacial score (nSPS) is 20.6. The van der Waals surface area contributed by atoms with Crippen LogP contribution in [0.1, 0.15) is 32.1 Å². The van der Waals surface area contributed by atoms with Gasteiger partial charge in [-0.25, -0.2) is 13.5 Å². The van der Waals surface area contributed by atoms with Gasteiger partial charge < -0.3 is 11.1 Å². The number of rotatable bonds is 8. The Balaban J connectivity index is 2.31. The average Bonchev–Trinajstić information content (AvgIpc) is 2.99. The first-order valence-corrected chi connectivity index (χ1v) is 7.39.